The molecule has 0 unspecified atom stereocenters. The van der Waals surface area contributed by atoms with Crippen LogP contribution in [0.1, 0.15) is 5.56 Å². The van der Waals surface area contributed by atoms with Crippen molar-refractivity contribution in [1.82, 2.24) is 5.48 Å². The zero-order chi connectivity index (χ0) is 10.4. The first-order valence-corrected chi connectivity index (χ1v) is 4.23. The Kier molecular flexibility index (Phi) is 3.94. The van der Waals surface area contributed by atoms with Crippen LogP contribution in [-0.2, 0) is 9.63 Å². The van der Waals surface area contributed by atoms with E-state index in [9.17, 15) is 4.79 Å². The third-order valence-corrected chi connectivity index (χ3v) is 1.58. The molecule has 0 radical (unpaired) electrons. The number of hydrogen-bond donors (Lipinski definition) is 1. The predicted molar refractivity (Wildman–Crippen MR) is 51.8 cm³/mol. The molecular weight excluding hydrogens is 182 g/mol. The third-order valence-electron chi connectivity index (χ3n) is 1.58. The fraction of sp³-hybridized carbons (Fsp3) is 0.300. The lowest BCUT2D eigenvalue weighted by Gasteiger charge is -2.05. The van der Waals surface area contributed by atoms with Gasteiger partial charge in [0.2, 0.25) is 0 Å². The molecule has 0 aliphatic heterocycles. The first-order chi connectivity index (χ1) is 6.72. The summed E-state index contributed by atoms with van der Waals surface area (Å²) >= 11 is 0. The van der Waals surface area contributed by atoms with E-state index in [4.69, 9.17) is 4.74 Å². The molecule has 0 aromatic heterocycles. The molecule has 76 valence electrons. The minimum atomic E-state index is -0.311. The zero-order valence-electron chi connectivity index (χ0n) is 8.24. The van der Waals surface area contributed by atoms with Gasteiger partial charge < -0.3 is 4.74 Å². The van der Waals surface area contributed by atoms with Crippen LogP contribution in [0.2, 0.25) is 0 Å². The molecule has 0 bridgehead atoms. The molecule has 0 aliphatic rings. The molecule has 0 aliphatic carbocycles. The highest BCUT2D eigenvalue weighted by Gasteiger charge is 2.00. The maximum Gasteiger partial charge on any atom is 0.281 e. The van der Waals surface area contributed by atoms with Crippen molar-refractivity contribution < 1.29 is 14.4 Å². The molecule has 0 saturated heterocycles. The van der Waals surface area contributed by atoms with Crippen LogP contribution in [0.3, 0.4) is 0 Å². The topological polar surface area (TPSA) is 47.6 Å². The van der Waals surface area contributed by atoms with E-state index >= 15 is 0 Å². The lowest BCUT2D eigenvalue weighted by atomic mass is 10.2. The van der Waals surface area contributed by atoms with Gasteiger partial charge in [-0.05, 0) is 24.6 Å². The van der Waals surface area contributed by atoms with Gasteiger partial charge in [0.1, 0.15) is 5.75 Å². The van der Waals surface area contributed by atoms with Crippen LogP contribution in [0.4, 0.5) is 0 Å². The van der Waals surface area contributed by atoms with E-state index in [0.717, 1.165) is 5.56 Å². The van der Waals surface area contributed by atoms with Crippen LogP contribution in [0.15, 0.2) is 24.3 Å². The second-order valence-electron chi connectivity index (χ2n) is 2.83. The van der Waals surface area contributed by atoms with Crippen LogP contribution in [-0.4, -0.2) is 19.6 Å². The number of hydroxylamine groups is 1. The Morgan fingerprint density at radius 1 is 1.50 bits per heavy atom. The summed E-state index contributed by atoms with van der Waals surface area (Å²) in [4.78, 5) is 15.4. The second-order valence-corrected chi connectivity index (χ2v) is 2.83. The highest BCUT2D eigenvalue weighted by Crippen LogP contribution is 2.11. The molecule has 1 amide bonds. The quantitative estimate of drug-likeness (QED) is 0.730. The Hall–Kier alpha value is -1.55. The van der Waals surface area contributed by atoms with Crippen LogP contribution in [0.5, 0.6) is 5.75 Å². The van der Waals surface area contributed by atoms with E-state index in [1.807, 2.05) is 25.1 Å². The van der Waals surface area contributed by atoms with Crippen LogP contribution < -0.4 is 10.2 Å². The number of rotatable bonds is 4. The standard InChI is InChI=1S/C10H13NO3/c1-8-4-3-5-9(6-8)14-7-10(12)11-13-2/h3-6H,7H2,1-2H3,(H,11,12). The van der Waals surface area contributed by atoms with Crippen molar-refractivity contribution in [2.75, 3.05) is 13.7 Å². The Morgan fingerprint density at radius 2 is 2.29 bits per heavy atom. The van der Waals surface area contributed by atoms with E-state index in [-0.39, 0.29) is 12.5 Å². The van der Waals surface area contributed by atoms with E-state index in [1.54, 1.807) is 6.07 Å². The lowest BCUT2D eigenvalue weighted by molar-refractivity contribution is -0.133. The first-order valence-electron chi connectivity index (χ1n) is 4.23. The van der Waals surface area contributed by atoms with Gasteiger partial charge in [-0.25, -0.2) is 5.48 Å². The van der Waals surface area contributed by atoms with Gasteiger partial charge in [0.15, 0.2) is 6.61 Å². The SMILES string of the molecule is CONC(=O)COc1cccc(C)c1. The fourth-order valence-corrected chi connectivity index (χ4v) is 0.997. The van der Waals surface area contributed by atoms with Gasteiger partial charge >= 0.3 is 0 Å². The Morgan fingerprint density at radius 3 is 2.93 bits per heavy atom. The van der Waals surface area contributed by atoms with Crippen molar-refractivity contribution in [2.24, 2.45) is 0 Å². The summed E-state index contributed by atoms with van der Waals surface area (Å²) in [5.74, 6) is 0.366. The summed E-state index contributed by atoms with van der Waals surface area (Å²) in [6.45, 7) is 1.92. The molecule has 4 heteroatoms. The summed E-state index contributed by atoms with van der Waals surface area (Å²) in [6, 6.07) is 7.49. The fourth-order valence-electron chi connectivity index (χ4n) is 0.997. The van der Waals surface area contributed by atoms with Crippen molar-refractivity contribution in [3.63, 3.8) is 0 Å². The van der Waals surface area contributed by atoms with Gasteiger partial charge in [0, 0.05) is 0 Å². The highest BCUT2D eigenvalue weighted by atomic mass is 16.6. The molecular formula is C10H13NO3. The minimum absolute atomic E-state index is 0.0444. The monoisotopic (exact) mass is 195 g/mol. The van der Waals surface area contributed by atoms with Crippen molar-refractivity contribution in [3.05, 3.63) is 29.8 Å². The van der Waals surface area contributed by atoms with Gasteiger partial charge in [-0.1, -0.05) is 12.1 Å². The summed E-state index contributed by atoms with van der Waals surface area (Å²) < 4.78 is 5.21. The molecule has 0 atom stereocenters. The minimum Gasteiger partial charge on any atom is -0.484 e. The van der Waals surface area contributed by atoms with E-state index in [0.29, 0.717) is 5.75 Å². The maximum atomic E-state index is 10.9. The van der Waals surface area contributed by atoms with Crippen molar-refractivity contribution in [1.29, 1.82) is 0 Å². The number of benzene rings is 1. The number of carbonyl (C=O) groups excluding carboxylic acids is 1. The number of nitrogens with one attached hydrogen (secondary N) is 1. The van der Waals surface area contributed by atoms with Crippen LogP contribution in [0, 0.1) is 6.92 Å². The van der Waals surface area contributed by atoms with Gasteiger partial charge in [-0.2, -0.15) is 0 Å². The van der Waals surface area contributed by atoms with Crippen molar-refractivity contribution >= 4 is 5.91 Å². The van der Waals surface area contributed by atoms with E-state index < -0.39 is 0 Å². The van der Waals surface area contributed by atoms with Gasteiger partial charge in [-0.15, -0.1) is 0 Å². The molecule has 0 heterocycles. The highest BCUT2D eigenvalue weighted by molar-refractivity contribution is 5.76. The van der Waals surface area contributed by atoms with Crippen LogP contribution in [0.25, 0.3) is 0 Å². The smallest absolute Gasteiger partial charge is 0.281 e. The van der Waals surface area contributed by atoms with E-state index in [2.05, 4.69) is 10.3 Å². The zero-order valence-corrected chi connectivity index (χ0v) is 8.24. The molecule has 1 rings (SSSR count). The third kappa shape index (κ3) is 3.45. The van der Waals surface area contributed by atoms with Gasteiger partial charge in [0.05, 0.1) is 7.11 Å². The molecule has 0 fully saturated rings. The predicted octanol–water partition coefficient (Wildman–Crippen LogP) is 1.05. The molecule has 14 heavy (non-hydrogen) atoms. The molecule has 1 aromatic rings. The number of amides is 1. The number of aryl methyl sites for hydroxylation is 1. The Labute approximate surface area is 82.8 Å². The normalized spacial score (nSPS) is 9.57. The Bertz CT molecular complexity index is 312. The maximum absolute atomic E-state index is 10.9. The Balaban J connectivity index is 2.41. The van der Waals surface area contributed by atoms with Crippen molar-refractivity contribution in [3.8, 4) is 5.75 Å². The average Bonchev–Trinajstić information content (AvgIpc) is 2.15. The van der Waals surface area contributed by atoms with Gasteiger partial charge in [-0.3, -0.25) is 9.63 Å². The summed E-state index contributed by atoms with van der Waals surface area (Å²) in [7, 11) is 1.38. The second kappa shape index (κ2) is 5.24. The molecule has 0 saturated carbocycles. The van der Waals surface area contributed by atoms with Gasteiger partial charge in [0.25, 0.3) is 5.91 Å². The van der Waals surface area contributed by atoms with E-state index in [1.165, 1.54) is 7.11 Å². The largest absolute Gasteiger partial charge is 0.484 e. The number of carbonyl (C=O) groups is 1. The summed E-state index contributed by atoms with van der Waals surface area (Å²) in [5.41, 5.74) is 3.26. The molecule has 1 aromatic carbocycles. The number of hydrogen-bond acceptors (Lipinski definition) is 3. The lowest BCUT2D eigenvalue weighted by Crippen LogP contribution is -2.27. The first kappa shape index (κ1) is 10.5. The molecule has 0 spiro atoms. The summed E-state index contributed by atoms with van der Waals surface area (Å²) in [6.07, 6.45) is 0. The number of ether oxygens (including phenoxy) is 1. The molecule has 4 nitrogen and oxygen atoms in total. The summed E-state index contributed by atoms with van der Waals surface area (Å²) in [5, 5.41) is 0. The van der Waals surface area contributed by atoms with Crippen LogP contribution >= 0.6 is 0 Å². The van der Waals surface area contributed by atoms with Crippen molar-refractivity contribution in [2.45, 2.75) is 6.92 Å². The molecule has 1 N–H and O–H groups in total. The average molecular weight is 195 g/mol.